The molecule has 0 radical (unpaired) electrons. The molecular formula is C16H19N3O2. The van der Waals surface area contributed by atoms with E-state index in [0.29, 0.717) is 24.6 Å². The standard InChI is InChI=1S/C16H19N3O2/c1-4-16(2,8-9-17)11-14-18-15(19-21-14)12-6-5-7-13(10-12)20-3/h5-7,10H,4,8,11H2,1-3H3. The predicted molar refractivity (Wildman–Crippen MR) is 78.6 cm³/mol. The molecular weight excluding hydrogens is 266 g/mol. The van der Waals surface area contributed by atoms with Crippen LogP contribution < -0.4 is 4.74 Å². The van der Waals surface area contributed by atoms with E-state index < -0.39 is 0 Å². The van der Waals surface area contributed by atoms with Gasteiger partial charge in [-0.05, 0) is 24.0 Å². The van der Waals surface area contributed by atoms with E-state index >= 15 is 0 Å². The van der Waals surface area contributed by atoms with Gasteiger partial charge in [0.1, 0.15) is 5.75 Å². The zero-order valence-corrected chi connectivity index (χ0v) is 12.6. The quantitative estimate of drug-likeness (QED) is 0.810. The predicted octanol–water partition coefficient (Wildman–Crippen LogP) is 3.62. The molecule has 2 rings (SSSR count). The third-order valence-electron chi connectivity index (χ3n) is 3.73. The summed E-state index contributed by atoms with van der Waals surface area (Å²) in [6.45, 7) is 4.13. The second-order valence-electron chi connectivity index (χ2n) is 5.42. The molecule has 2 aromatic rings. The van der Waals surface area contributed by atoms with Gasteiger partial charge in [0.15, 0.2) is 0 Å². The highest BCUT2D eigenvalue weighted by atomic mass is 16.5. The number of benzene rings is 1. The van der Waals surface area contributed by atoms with Gasteiger partial charge in [0.2, 0.25) is 11.7 Å². The summed E-state index contributed by atoms with van der Waals surface area (Å²) in [5, 5.41) is 12.9. The van der Waals surface area contributed by atoms with Crippen LogP contribution in [0.5, 0.6) is 5.75 Å². The molecule has 1 aromatic heterocycles. The van der Waals surface area contributed by atoms with Crippen molar-refractivity contribution in [2.45, 2.75) is 33.1 Å². The highest BCUT2D eigenvalue weighted by molar-refractivity contribution is 5.56. The van der Waals surface area contributed by atoms with E-state index in [1.165, 1.54) is 0 Å². The minimum absolute atomic E-state index is 0.132. The molecule has 1 unspecified atom stereocenters. The van der Waals surface area contributed by atoms with E-state index in [1.54, 1.807) is 7.11 Å². The lowest BCUT2D eigenvalue weighted by atomic mass is 9.81. The highest BCUT2D eigenvalue weighted by Crippen LogP contribution is 2.30. The van der Waals surface area contributed by atoms with Crippen molar-refractivity contribution >= 4 is 0 Å². The Hall–Kier alpha value is -2.35. The number of hydrogen-bond donors (Lipinski definition) is 0. The Labute approximate surface area is 124 Å². The van der Waals surface area contributed by atoms with Gasteiger partial charge in [0.25, 0.3) is 0 Å². The number of rotatable bonds is 6. The van der Waals surface area contributed by atoms with Crippen LogP contribution in [0.15, 0.2) is 28.8 Å². The summed E-state index contributed by atoms with van der Waals surface area (Å²) in [5.41, 5.74) is 0.718. The average Bonchev–Trinajstić information content (AvgIpc) is 2.96. The van der Waals surface area contributed by atoms with E-state index in [4.69, 9.17) is 14.5 Å². The SMILES string of the molecule is CCC(C)(CC#N)Cc1nc(-c2cccc(OC)c2)no1. The maximum absolute atomic E-state index is 8.92. The van der Waals surface area contributed by atoms with Crippen molar-refractivity contribution in [3.63, 3.8) is 0 Å². The van der Waals surface area contributed by atoms with Crippen LogP contribution in [0.25, 0.3) is 11.4 Å². The molecule has 0 saturated carbocycles. The zero-order valence-electron chi connectivity index (χ0n) is 12.6. The molecule has 0 fully saturated rings. The van der Waals surface area contributed by atoms with Crippen molar-refractivity contribution in [1.29, 1.82) is 5.26 Å². The normalized spacial score (nSPS) is 13.4. The van der Waals surface area contributed by atoms with Gasteiger partial charge in [-0.15, -0.1) is 0 Å². The fourth-order valence-corrected chi connectivity index (χ4v) is 2.07. The summed E-state index contributed by atoms with van der Waals surface area (Å²) in [6, 6.07) is 9.75. The topological polar surface area (TPSA) is 71.9 Å². The molecule has 0 aliphatic heterocycles. The van der Waals surface area contributed by atoms with E-state index in [0.717, 1.165) is 17.7 Å². The number of hydrogen-bond acceptors (Lipinski definition) is 5. The van der Waals surface area contributed by atoms with Gasteiger partial charge in [-0.25, -0.2) is 0 Å². The number of methoxy groups -OCH3 is 1. The van der Waals surface area contributed by atoms with Gasteiger partial charge in [0, 0.05) is 18.4 Å². The molecule has 0 N–H and O–H groups in total. The number of nitrogens with zero attached hydrogens (tertiary/aromatic N) is 3. The fraction of sp³-hybridized carbons (Fsp3) is 0.438. The van der Waals surface area contributed by atoms with Crippen molar-refractivity contribution in [3.8, 4) is 23.2 Å². The monoisotopic (exact) mass is 285 g/mol. The van der Waals surface area contributed by atoms with Gasteiger partial charge in [-0.2, -0.15) is 10.2 Å². The van der Waals surface area contributed by atoms with Crippen molar-refractivity contribution < 1.29 is 9.26 Å². The molecule has 0 bridgehead atoms. The summed E-state index contributed by atoms with van der Waals surface area (Å²) in [5.74, 6) is 1.86. The first-order valence-corrected chi connectivity index (χ1v) is 6.94. The molecule has 0 spiro atoms. The first-order chi connectivity index (χ1) is 10.1. The Bertz CT molecular complexity index is 645. The van der Waals surface area contributed by atoms with Gasteiger partial charge in [-0.1, -0.05) is 31.1 Å². The lowest BCUT2D eigenvalue weighted by Crippen LogP contribution is -2.18. The van der Waals surface area contributed by atoms with Crippen LogP contribution in [0, 0.1) is 16.7 Å². The van der Waals surface area contributed by atoms with Crippen LogP contribution in [0.2, 0.25) is 0 Å². The van der Waals surface area contributed by atoms with Gasteiger partial charge in [0.05, 0.1) is 13.2 Å². The lowest BCUT2D eigenvalue weighted by molar-refractivity contribution is 0.266. The summed E-state index contributed by atoms with van der Waals surface area (Å²) >= 11 is 0. The van der Waals surface area contributed by atoms with Crippen LogP contribution in [0.3, 0.4) is 0 Å². The smallest absolute Gasteiger partial charge is 0.227 e. The Morgan fingerprint density at radius 2 is 2.24 bits per heavy atom. The molecule has 0 aliphatic rings. The first-order valence-electron chi connectivity index (χ1n) is 6.94. The summed E-state index contributed by atoms with van der Waals surface area (Å²) in [4.78, 5) is 4.43. The Balaban J connectivity index is 2.20. The van der Waals surface area contributed by atoms with Crippen molar-refractivity contribution in [1.82, 2.24) is 10.1 Å². The van der Waals surface area contributed by atoms with Crippen molar-refractivity contribution in [2.75, 3.05) is 7.11 Å². The fourth-order valence-electron chi connectivity index (χ4n) is 2.07. The molecule has 0 amide bonds. The van der Waals surface area contributed by atoms with Crippen LogP contribution in [-0.4, -0.2) is 17.3 Å². The van der Waals surface area contributed by atoms with Gasteiger partial charge >= 0.3 is 0 Å². The van der Waals surface area contributed by atoms with E-state index in [9.17, 15) is 0 Å². The van der Waals surface area contributed by atoms with Gasteiger partial charge in [-0.3, -0.25) is 0 Å². The average molecular weight is 285 g/mol. The third-order valence-corrected chi connectivity index (χ3v) is 3.73. The maximum Gasteiger partial charge on any atom is 0.227 e. The molecule has 1 atom stereocenters. The van der Waals surface area contributed by atoms with E-state index in [1.807, 2.05) is 24.3 Å². The molecule has 5 nitrogen and oxygen atoms in total. The second kappa shape index (κ2) is 6.40. The molecule has 1 aromatic carbocycles. The Kier molecular flexibility index (Phi) is 4.59. The van der Waals surface area contributed by atoms with E-state index in [-0.39, 0.29) is 5.41 Å². The Morgan fingerprint density at radius 1 is 1.43 bits per heavy atom. The first kappa shape index (κ1) is 15.0. The molecule has 1 heterocycles. The molecule has 21 heavy (non-hydrogen) atoms. The zero-order chi connectivity index (χ0) is 15.3. The highest BCUT2D eigenvalue weighted by Gasteiger charge is 2.25. The maximum atomic E-state index is 8.92. The molecule has 0 saturated heterocycles. The summed E-state index contributed by atoms with van der Waals surface area (Å²) in [7, 11) is 1.62. The van der Waals surface area contributed by atoms with Crippen LogP contribution >= 0.6 is 0 Å². The number of nitriles is 1. The van der Waals surface area contributed by atoms with Gasteiger partial charge < -0.3 is 9.26 Å². The lowest BCUT2D eigenvalue weighted by Gasteiger charge is -2.22. The third kappa shape index (κ3) is 3.60. The Morgan fingerprint density at radius 3 is 2.90 bits per heavy atom. The molecule has 0 aliphatic carbocycles. The van der Waals surface area contributed by atoms with E-state index in [2.05, 4.69) is 30.1 Å². The van der Waals surface area contributed by atoms with Crippen LogP contribution in [-0.2, 0) is 6.42 Å². The summed E-state index contributed by atoms with van der Waals surface area (Å²) < 4.78 is 10.5. The largest absolute Gasteiger partial charge is 0.497 e. The molecule has 5 heteroatoms. The number of ether oxygens (including phenoxy) is 1. The van der Waals surface area contributed by atoms with Crippen LogP contribution in [0.4, 0.5) is 0 Å². The minimum Gasteiger partial charge on any atom is -0.497 e. The van der Waals surface area contributed by atoms with Crippen molar-refractivity contribution in [3.05, 3.63) is 30.2 Å². The summed E-state index contributed by atoms with van der Waals surface area (Å²) in [6.07, 6.45) is 1.96. The van der Waals surface area contributed by atoms with Crippen molar-refractivity contribution in [2.24, 2.45) is 5.41 Å². The molecule has 110 valence electrons. The van der Waals surface area contributed by atoms with Crippen LogP contribution in [0.1, 0.15) is 32.6 Å². The minimum atomic E-state index is -0.132. The second-order valence-corrected chi connectivity index (χ2v) is 5.42. The number of aromatic nitrogens is 2.